The number of amides is 1. The van der Waals surface area contributed by atoms with Crippen LogP contribution in [-0.2, 0) is 0 Å². The molecule has 0 radical (unpaired) electrons. The van der Waals surface area contributed by atoms with Crippen molar-refractivity contribution in [1.29, 1.82) is 0 Å². The Bertz CT molecular complexity index is 758. The summed E-state index contributed by atoms with van der Waals surface area (Å²) in [6.07, 6.45) is 3.15. The lowest BCUT2D eigenvalue weighted by Crippen LogP contribution is -2.38. The minimum atomic E-state index is 0.0459. The minimum absolute atomic E-state index is 0.0459. The first-order valence-corrected chi connectivity index (χ1v) is 9.23. The number of carbonyl (C=O) groups excluding carboxylic acids is 1. The van der Waals surface area contributed by atoms with E-state index in [-0.39, 0.29) is 11.9 Å². The molecule has 0 saturated carbocycles. The van der Waals surface area contributed by atoms with Crippen LogP contribution in [-0.4, -0.2) is 35.5 Å². The lowest BCUT2D eigenvalue weighted by molar-refractivity contribution is 0.0610. The summed E-state index contributed by atoms with van der Waals surface area (Å²) < 4.78 is 11.1. The average molecular weight is 344 g/mol. The molecule has 0 unspecified atom stereocenters. The monoisotopic (exact) mass is 344 g/mol. The predicted octanol–water partition coefficient (Wildman–Crippen LogP) is 3.59. The lowest BCUT2D eigenvalue weighted by Gasteiger charge is -2.34. The minimum Gasteiger partial charge on any atom is -0.486 e. The average Bonchev–Trinajstić information content (AvgIpc) is 3.07. The molecule has 5 nitrogen and oxygen atoms in total. The van der Waals surface area contributed by atoms with Crippen molar-refractivity contribution in [3.8, 4) is 11.5 Å². The number of fused-ring (bicyclic) bond motifs is 1. The van der Waals surface area contributed by atoms with E-state index in [0.29, 0.717) is 30.3 Å². The molecular formula is C18H20N2O3S. The molecule has 1 atom stereocenters. The van der Waals surface area contributed by atoms with Crippen molar-refractivity contribution in [1.82, 2.24) is 9.88 Å². The molecule has 0 bridgehead atoms. The third-order valence-corrected chi connectivity index (χ3v) is 5.54. The van der Waals surface area contributed by atoms with E-state index >= 15 is 0 Å². The van der Waals surface area contributed by atoms with Crippen molar-refractivity contribution in [3.05, 3.63) is 39.8 Å². The maximum atomic E-state index is 13.1. The number of hydrogen-bond donors (Lipinski definition) is 0. The molecule has 0 spiro atoms. The second-order valence-electron chi connectivity index (χ2n) is 6.20. The van der Waals surface area contributed by atoms with Crippen molar-refractivity contribution < 1.29 is 14.3 Å². The zero-order chi connectivity index (χ0) is 16.5. The Morgan fingerprint density at radius 3 is 2.88 bits per heavy atom. The molecule has 0 aliphatic carbocycles. The Balaban J connectivity index is 1.62. The highest BCUT2D eigenvalue weighted by Gasteiger charge is 2.31. The number of carbonyl (C=O) groups is 1. The Hall–Kier alpha value is -2.08. The van der Waals surface area contributed by atoms with E-state index in [4.69, 9.17) is 9.47 Å². The Morgan fingerprint density at radius 2 is 2.08 bits per heavy atom. The molecule has 1 aromatic carbocycles. The Kier molecular flexibility index (Phi) is 4.14. The van der Waals surface area contributed by atoms with Gasteiger partial charge in [0.2, 0.25) is 0 Å². The number of ether oxygens (including phenoxy) is 2. The fourth-order valence-electron chi connectivity index (χ4n) is 3.30. The smallest absolute Gasteiger partial charge is 0.254 e. The van der Waals surface area contributed by atoms with Crippen LogP contribution in [0.4, 0.5) is 0 Å². The molecule has 1 amide bonds. The highest BCUT2D eigenvalue weighted by Crippen LogP contribution is 2.36. The molecule has 1 aromatic heterocycles. The number of nitrogens with zero attached hydrogens (tertiary/aromatic N) is 2. The SMILES string of the molecule is Cc1csc([C@H]2CCCCN2C(=O)c2ccc3c(c2)OCCO3)n1. The van der Waals surface area contributed by atoms with Gasteiger partial charge in [-0.15, -0.1) is 11.3 Å². The van der Waals surface area contributed by atoms with Crippen LogP contribution in [0.25, 0.3) is 0 Å². The van der Waals surface area contributed by atoms with Gasteiger partial charge in [0.15, 0.2) is 11.5 Å². The van der Waals surface area contributed by atoms with Gasteiger partial charge in [-0.2, -0.15) is 0 Å². The molecule has 6 heteroatoms. The summed E-state index contributed by atoms with van der Waals surface area (Å²) >= 11 is 1.65. The van der Waals surface area contributed by atoms with Gasteiger partial charge < -0.3 is 14.4 Å². The molecule has 126 valence electrons. The van der Waals surface area contributed by atoms with Crippen LogP contribution in [0.5, 0.6) is 11.5 Å². The van der Waals surface area contributed by atoms with Gasteiger partial charge >= 0.3 is 0 Å². The van der Waals surface area contributed by atoms with Gasteiger partial charge in [-0.1, -0.05) is 0 Å². The van der Waals surface area contributed by atoms with E-state index in [9.17, 15) is 4.79 Å². The van der Waals surface area contributed by atoms with E-state index in [1.54, 1.807) is 17.4 Å². The highest BCUT2D eigenvalue weighted by atomic mass is 32.1. The van der Waals surface area contributed by atoms with Crippen molar-refractivity contribution in [2.24, 2.45) is 0 Å². The van der Waals surface area contributed by atoms with E-state index < -0.39 is 0 Å². The van der Waals surface area contributed by atoms with Gasteiger partial charge in [0, 0.05) is 23.2 Å². The molecule has 1 saturated heterocycles. The quantitative estimate of drug-likeness (QED) is 0.835. The number of hydrogen-bond acceptors (Lipinski definition) is 5. The van der Waals surface area contributed by atoms with E-state index in [1.807, 2.05) is 24.0 Å². The van der Waals surface area contributed by atoms with Crippen LogP contribution in [0.2, 0.25) is 0 Å². The number of benzene rings is 1. The fourth-order valence-corrected chi connectivity index (χ4v) is 4.24. The van der Waals surface area contributed by atoms with Crippen LogP contribution >= 0.6 is 11.3 Å². The number of rotatable bonds is 2. The lowest BCUT2D eigenvalue weighted by atomic mass is 10.0. The molecule has 2 aliphatic heterocycles. The Labute approximate surface area is 145 Å². The van der Waals surface area contributed by atoms with Gasteiger partial charge in [-0.3, -0.25) is 4.79 Å². The van der Waals surface area contributed by atoms with Crippen LogP contribution in [0.3, 0.4) is 0 Å². The predicted molar refractivity (Wildman–Crippen MR) is 91.9 cm³/mol. The number of likely N-dealkylation sites (tertiary alicyclic amines) is 1. The summed E-state index contributed by atoms with van der Waals surface area (Å²) in [6.45, 7) is 3.85. The van der Waals surface area contributed by atoms with Crippen molar-refractivity contribution in [2.45, 2.75) is 32.2 Å². The highest BCUT2D eigenvalue weighted by molar-refractivity contribution is 7.09. The van der Waals surface area contributed by atoms with E-state index in [1.165, 1.54) is 0 Å². The molecule has 3 heterocycles. The van der Waals surface area contributed by atoms with E-state index in [2.05, 4.69) is 10.4 Å². The molecule has 0 N–H and O–H groups in total. The summed E-state index contributed by atoms with van der Waals surface area (Å²) in [5.74, 6) is 1.42. The van der Waals surface area contributed by atoms with Crippen LogP contribution in [0, 0.1) is 6.92 Å². The van der Waals surface area contributed by atoms with Crippen molar-refractivity contribution >= 4 is 17.2 Å². The van der Waals surface area contributed by atoms with Gasteiger partial charge in [-0.05, 0) is 44.4 Å². The summed E-state index contributed by atoms with van der Waals surface area (Å²) in [6, 6.07) is 5.54. The van der Waals surface area contributed by atoms with Crippen LogP contribution < -0.4 is 9.47 Å². The van der Waals surface area contributed by atoms with Crippen LogP contribution in [0.1, 0.15) is 46.4 Å². The first-order valence-electron chi connectivity index (χ1n) is 8.35. The van der Waals surface area contributed by atoms with E-state index in [0.717, 1.165) is 36.5 Å². The molecule has 1 fully saturated rings. The fraction of sp³-hybridized carbons (Fsp3) is 0.444. The van der Waals surface area contributed by atoms with Gasteiger partial charge in [-0.25, -0.2) is 4.98 Å². The third-order valence-electron chi connectivity index (χ3n) is 4.47. The summed E-state index contributed by atoms with van der Waals surface area (Å²) in [5, 5.41) is 3.09. The topological polar surface area (TPSA) is 51.7 Å². The van der Waals surface area contributed by atoms with Crippen LogP contribution in [0.15, 0.2) is 23.6 Å². The zero-order valence-electron chi connectivity index (χ0n) is 13.7. The molecule has 4 rings (SSSR count). The van der Waals surface area contributed by atoms with Crippen molar-refractivity contribution in [2.75, 3.05) is 19.8 Å². The molecule has 2 aliphatic rings. The summed E-state index contributed by atoms with van der Waals surface area (Å²) in [5.41, 5.74) is 1.67. The second kappa shape index (κ2) is 6.43. The summed E-state index contributed by atoms with van der Waals surface area (Å²) in [4.78, 5) is 19.7. The zero-order valence-corrected chi connectivity index (χ0v) is 14.5. The maximum Gasteiger partial charge on any atom is 0.254 e. The third kappa shape index (κ3) is 2.86. The second-order valence-corrected chi connectivity index (χ2v) is 7.09. The number of piperidine rings is 1. The standard InChI is InChI=1S/C18H20N2O3S/c1-12-11-24-17(19-12)14-4-2-3-7-20(14)18(21)13-5-6-15-16(10-13)23-9-8-22-15/h5-6,10-11,14H,2-4,7-9H2,1H3/t14-/m1/s1. The Morgan fingerprint density at radius 1 is 1.25 bits per heavy atom. The largest absolute Gasteiger partial charge is 0.486 e. The van der Waals surface area contributed by atoms with Gasteiger partial charge in [0.1, 0.15) is 18.2 Å². The molecule has 2 aromatic rings. The maximum absolute atomic E-state index is 13.1. The number of thiazole rings is 1. The first kappa shape index (κ1) is 15.4. The summed E-state index contributed by atoms with van der Waals surface area (Å²) in [7, 11) is 0. The van der Waals surface area contributed by atoms with Gasteiger partial charge in [0.05, 0.1) is 6.04 Å². The van der Waals surface area contributed by atoms with Crippen molar-refractivity contribution in [3.63, 3.8) is 0 Å². The first-order chi connectivity index (χ1) is 11.7. The normalized spacial score (nSPS) is 20.0. The number of aromatic nitrogens is 1. The van der Waals surface area contributed by atoms with Gasteiger partial charge in [0.25, 0.3) is 5.91 Å². The molecular weight excluding hydrogens is 324 g/mol. The number of aryl methyl sites for hydroxylation is 1. The molecule has 24 heavy (non-hydrogen) atoms.